The Kier molecular flexibility index (Phi) is 28200. The van der Waals surface area contributed by atoms with E-state index in [4.69, 9.17) is 0 Å². The summed E-state index contributed by atoms with van der Waals surface area (Å²) < 4.78 is 0. The molecule has 0 aromatic heterocycles. The lowest BCUT2D eigenvalue weighted by molar-refractivity contribution is 1.11. The van der Waals surface area contributed by atoms with Gasteiger partial charge in [0.15, 0.2) is 0 Å². The summed E-state index contributed by atoms with van der Waals surface area (Å²) in [5.74, 6) is 0. The third-order valence-electron chi connectivity index (χ3n) is 0. The van der Waals surface area contributed by atoms with Crippen LogP contribution in [-0.4, -0.2) is 0 Å². The molecule has 0 radical (unpaired) electrons. The van der Waals surface area contributed by atoms with E-state index < -0.39 is 0 Å². The van der Waals surface area contributed by atoms with Crippen molar-refractivity contribution in [1.29, 1.82) is 0 Å². The molecule has 0 atom stereocenters. The van der Waals surface area contributed by atoms with Crippen molar-refractivity contribution in [1.82, 2.24) is 0 Å². The van der Waals surface area contributed by atoms with Crippen LogP contribution < -0.4 is 0 Å². The summed E-state index contributed by atoms with van der Waals surface area (Å²) in [6, 6.07) is 0. The van der Waals surface area contributed by atoms with Gasteiger partial charge in [0, 0.05) is 0 Å². The Morgan fingerprint density at radius 3 is 0.600 bits per heavy atom. The van der Waals surface area contributed by atoms with Crippen LogP contribution in [0.1, 0.15) is 27.7 Å². The van der Waals surface area contributed by atoms with Crippen molar-refractivity contribution in [3.63, 3.8) is 0 Å². The summed E-state index contributed by atoms with van der Waals surface area (Å²) in [5.41, 5.74) is 0. The van der Waals surface area contributed by atoms with Crippen molar-refractivity contribution >= 4 is 0 Å². The van der Waals surface area contributed by atoms with Gasteiger partial charge < -0.3 is 0 Å². The van der Waals surface area contributed by atoms with Crippen molar-refractivity contribution < 1.29 is 4.70 Å². The summed E-state index contributed by atoms with van der Waals surface area (Å²) in [4.78, 5) is 0. The zero-order chi connectivity index (χ0) is 4.00. The molecule has 0 bridgehead atoms. The van der Waals surface area contributed by atoms with E-state index in [0.717, 1.165) is 0 Å². The lowest BCUT2D eigenvalue weighted by Crippen LogP contribution is -0.856. The Balaban J connectivity index is -0.0000000133. The van der Waals surface area contributed by atoms with Gasteiger partial charge in [0.2, 0.25) is 0 Å². The molecule has 0 saturated carbocycles. The molecule has 0 rings (SSSR count). The van der Waals surface area contributed by atoms with Gasteiger partial charge in [-0.15, -0.1) is 0 Å². The first kappa shape index (κ1) is 20.4. The van der Waals surface area contributed by atoms with E-state index in [1.54, 1.807) is 0 Å². The third kappa shape index (κ3) is 2990. The molecule has 0 aromatic carbocycles. The second-order valence-corrected chi connectivity index (χ2v) is 0. The Morgan fingerprint density at radius 2 is 0.600 bits per heavy atom. The monoisotopic (exact) mass is 80.1 g/mol. The molecule has 0 spiro atoms. The first-order chi connectivity index (χ1) is 2.00. The van der Waals surface area contributed by atoms with Crippen molar-refractivity contribution in [2.45, 2.75) is 27.7 Å². The van der Waals surface area contributed by atoms with E-state index in [1.807, 2.05) is 27.7 Å². The van der Waals surface area contributed by atoms with Crippen LogP contribution in [-0.2, 0) is 0 Å². The maximum absolute atomic E-state index is 2.00. The summed E-state index contributed by atoms with van der Waals surface area (Å²) in [6.45, 7) is 8.00. The Hall–Kier alpha value is -0.0700. The minimum atomic E-state index is 0. The molecule has 0 unspecified atom stereocenters. The van der Waals surface area contributed by atoms with Gasteiger partial charge in [-0.05, 0) is 0 Å². The average molecular weight is 80.1 g/mol. The van der Waals surface area contributed by atoms with Gasteiger partial charge in [-0.1, -0.05) is 27.7 Å². The van der Waals surface area contributed by atoms with E-state index in [1.165, 1.54) is 0 Å². The molecule has 5 heavy (non-hydrogen) atoms. The molecule has 1 heteroatoms. The molecule has 0 saturated heterocycles. The summed E-state index contributed by atoms with van der Waals surface area (Å²) in [6.07, 6.45) is 0. The summed E-state index contributed by atoms with van der Waals surface area (Å²) >= 11 is 0. The van der Waals surface area contributed by atoms with Crippen LogP contribution in [0.4, 0.5) is 4.70 Å². The predicted octanol–water partition coefficient (Wildman–Crippen LogP) is 2.20. The van der Waals surface area contributed by atoms with E-state index >= 15 is 0 Å². The van der Waals surface area contributed by atoms with E-state index in [0.29, 0.717) is 0 Å². The number of hydrogen-bond donors (Lipinski definition) is 0. The van der Waals surface area contributed by atoms with Crippen molar-refractivity contribution in [2.24, 2.45) is 0 Å². The molecule has 0 aliphatic heterocycles. The molecular weight excluding hydrogens is 67.0 g/mol. The van der Waals surface area contributed by atoms with E-state index in [2.05, 4.69) is 0 Å². The molecule has 36 valence electrons. The maximum Gasteiger partial charge on any atom is -0.0683 e. The SMILES string of the molecule is CC.CC.F. The van der Waals surface area contributed by atoms with Gasteiger partial charge in [0.1, 0.15) is 0 Å². The van der Waals surface area contributed by atoms with Gasteiger partial charge in [-0.25, -0.2) is 0 Å². The van der Waals surface area contributed by atoms with Gasteiger partial charge >= 0.3 is 0 Å². The minimum absolute atomic E-state index is 0. The molecule has 0 amide bonds. The fraction of sp³-hybridized carbons (Fsp3) is 1.00. The van der Waals surface area contributed by atoms with Gasteiger partial charge in [-0.3, -0.25) is 4.70 Å². The zero-order valence-electron chi connectivity index (χ0n) is 4.41. The highest BCUT2D eigenvalue weighted by molar-refractivity contribution is 3.51. The Bertz CT molecular complexity index is 3.61. The molecule has 0 aliphatic carbocycles. The molecule has 0 N–H and O–H groups in total. The van der Waals surface area contributed by atoms with Crippen molar-refractivity contribution in [3.05, 3.63) is 0 Å². The van der Waals surface area contributed by atoms with Crippen LogP contribution in [0.5, 0.6) is 0 Å². The molecule has 0 aliphatic rings. The van der Waals surface area contributed by atoms with Crippen LogP contribution in [0.25, 0.3) is 0 Å². The Labute approximate surface area is 33.6 Å². The molecule has 0 heterocycles. The normalized spacial score (nSPS) is 2.40. The highest BCUT2D eigenvalue weighted by Crippen LogP contribution is 1.15. The molecule has 0 aromatic rings. The number of halogens is 1. The molecular formula is C4H13F. The van der Waals surface area contributed by atoms with E-state index in [-0.39, 0.29) is 4.70 Å². The van der Waals surface area contributed by atoms with E-state index in [9.17, 15) is 0 Å². The van der Waals surface area contributed by atoms with Gasteiger partial charge in [0.25, 0.3) is 0 Å². The van der Waals surface area contributed by atoms with Gasteiger partial charge in [0.05, 0.1) is 0 Å². The minimum Gasteiger partial charge on any atom is -0.269 e. The highest BCUT2D eigenvalue weighted by atomic mass is 19.0. The number of hydrogen-bond acceptors (Lipinski definition) is 0. The highest BCUT2D eigenvalue weighted by Gasteiger charge is 0.934. The van der Waals surface area contributed by atoms with Crippen LogP contribution in [0.2, 0.25) is 0 Å². The number of rotatable bonds is 0. The van der Waals surface area contributed by atoms with Crippen LogP contribution in [0, 0.1) is 0 Å². The van der Waals surface area contributed by atoms with Crippen LogP contribution in [0.15, 0.2) is 0 Å². The van der Waals surface area contributed by atoms with Gasteiger partial charge in [-0.2, -0.15) is 0 Å². The van der Waals surface area contributed by atoms with Crippen molar-refractivity contribution in [2.75, 3.05) is 0 Å². The fourth-order valence-electron chi connectivity index (χ4n) is 0. The molecule has 0 fully saturated rings. The average Bonchev–Trinajstić information content (AvgIpc) is 1.50. The largest absolute Gasteiger partial charge is 0.269 e. The zero-order valence-corrected chi connectivity index (χ0v) is 4.41. The van der Waals surface area contributed by atoms with Crippen molar-refractivity contribution in [3.8, 4) is 0 Å². The lowest BCUT2D eigenvalue weighted by Gasteiger charge is -1.07. The quantitative estimate of drug-likeness (QED) is 0.418. The first-order valence-electron chi connectivity index (χ1n) is 2.00. The predicted molar refractivity (Wildman–Crippen MR) is 25.2 cm³/mol. The second kappa shape index (κ2) is 6890. The molecule has 0 nitrogen and oxygen atoms in total. The Morgan fingerprint density at radius 1 is 0.600 bits per heavy atom. The second-order valence-electron chi connectivity index (χ2n) is 0. The maximum atomic E-state index is 2.00. The smallest absolute Gasteiger partial charge is 0.0683 e. The third-order valence-corrected chi connectivity index (χ3v) is 0. The van der Waals surface area contributed by atoms with Crippen LogP contribution >= 0.6 is 0 Å². The van der Waals surface area contributed by atoms with Crippen LogP contribution in [0.3, 0.4) is 0 Å². The summed E-state index contributed by atoms with van der Waals surface area (Å²) in [5, 5.41) is 0. The standard InChI is InChI=1S/2C2H6.FH/c2*1-2;/h2*1-2H3;1H. The lowest BCUT2D eigenvalue weighted by atomic mass is 11.0. The first-order valence-corrected chi connectivity index (χ1v) is 2.00. The topological polar surface area (TPSA) is 0 Å². The fourth-order valence-corrected chi connectivity index (χ4v) is 0. The summed E-state index contributed by atoms with van der Waals surface area (Å²) in [7, 11) is 0.